The highest BCUT2D eigenvalue weighted by Gasteiger charge is 2.54. The number of allylic oxidation sites excluding steroid dienone is 1. The molecule has 0 heterocycles. The second-order valence-corrected chi connectivity index (χ2v) is 16.9. The van der Waals surface area contributed by atoms with Crippen molar-refractivity contribution in [3.05, 3.63) is 280 Å². The van der Waals surface area contributed by atoms with E-state index >= 15 is 0 Å². The van der Waals surface area contributed by atoms with Crippen LogP contribution in [0.4, 0.5) is 0 Å². The fourth-order valence-corrected chi connectivity index (χ4v) is 10.8. The summed E-state index contributed by atoms with van der Waals surface area (Å²) in [5.41, 5.74) is 19.6. The molecule has 9 aromatic rings. The normalized spacial score (nSPS) is 14.4. The van der Waals surface area contributed by atoms with Gasteiger partial charge in [-0.1, -0.05) is 218 Å². The Morgan fingerprint density at radius 1 is 0.367 bits per heavy atom. The van der Waals surface area contributed by atoms with E-state index in [1.807, 2.05) is 0 Å². The zero-order valence-electron chi connectivity index (χ0n) is 33.9. The molecule has 0 saturated carbocycles. The van der Waals surface area contributed by atoms with Gasteiger partial charge in [0.25, 0.3) is 0 Å². The van der Waals surface area contributed by atoms with Crippen LogP contribution in [0.2, 0.25) is 0 Å². The van der Waals surface area contributed by atoms with Gasteiger partial charge in [0, 0.05) is 17.3 Å². The molecule has 0 bridgehead atoms. The molecule has 0 heteroatoms. The minimum Gasteiger partial charge on any atom is -0.0639 e. The monoisotopic (exact) mass is 766 g/mol. The molecular formula is C60H46. The molecule has 0 aromatic heterocycles. The average molecular weight is 767 g/mol. The first kappa shape index (κ1) is 36.1. The molecule has 11 rings (SSSR count). The Labute approximate surface area is 354 Å². The van der Waals surface area contributed by atoms with Crippen molar-refractivity contribution in [2.75, 3.05) is 0 Å². The first-order valence-corrected chi connectivity index (χ1v) is 21.4. The summed E-state index contributed by atoms with van der Waals surface area (Å²) < 4.78 is 0. The van der Waals surface area contributed by atoms with E-state index < -0.39 is 5.41 Å². The summed E-state index contributed by atoms with van der Waals surface area (Å²) in [6.45, 7) is 2.38. The van der Waals surface area contributed by atoms with Gasteiger partial charge < -0.3 is 0 Å². The third kappa shape index (κ3) is 6.14. The molecule has 2 aliphatic rings. The van der Waals surface area contributed by atoms with Gasteiger partial charge in [0.2, 0.25) is 0 Å². The van der Waals surface area contributed by atoms with Gasteiger partial charge in [-0.05, 0) is 121 Å². The third-order valence-electron chi connectivity index (χ3n) is 13.4. The molecule has 2 aliphatic carbocycles. The van der Waals surface area contributed by atoms with Crippen LogP contribution < -0.4 is 0 Å². The lowest BCUT2D eigenvalue weighted by atomic mass is 9.54. The first-order valence-electron chi connectivity index (χ1n) is 21.4. The van der Waals surface area contributed by atoms with Gasteiger partial charge in [-0.2, -0.15) is 0 Å². The lowest BCUT2D eigenvalue weighted by Crippen LogP contribution is -2.41. The first-order chi connectivity index (χ1) is 29.6. The fraction of sp³-hybridized carbons (Fsp3) is 0.100. The van der Waals surface area contributed by atoms with Crippen LogP contribution in [0, 0.1) is 0 Å². The number of hydrogen-bond acceptors (Lipinski definition) is 0. The van der Waals surface area contributed by atoms with Gasteiger partial charge in [0.1, 0.15) is 0 Å². The third-order valence-corrected chi connectivity index (χ3v) is 13.4. The molecule has 0 aliphatic heterocycles. The van der Waals surface area contributed by atoms with Crippen LogP contribution in [-0.4, -0.2) is 0 Å². The zero-order chi connectivity index (χ0) is 40.0. The van der Waals surface area contributed by atoms with Crippen molar-refractivity contribution in [1.82, 2.24) is 0 Å². The predicted octanol–water partition coefficient (Wildman–Crippen LogP) is 15.0. The molecule has 60 heavy (non-hydrogen) atoms. The summed E-state index contributed by atoms with van der Waals surface area (Å²) >= 11 is 0. The van der Waals surface area contributed by atoms with Crippen molar-refractivity contribution in [1.29, 1.82) is 0 Å². The van der Waals surface area contributed by atoms with E-state index in [4.69, 9.17) is 0 Å². The van der Waals surface area contributed by atoms with Gasteiger partial charge in [-0.15, -0.1) is 0 Å². The smallest absolute Gasteiger partial charge is 0.0418 e. The summed E-state index contributed by atoms with van der Waals surface area (Å²) in [6.07, 6.45) is 4.25. The van der Waals surface area contributed by atoms with Gasteiger partial charge in [-0.3, -0.25) is 0 Å². The van der Waals surface area contributed by atoms with Crippen molar-refractivity contribution >= 4 is 16.8 Å². The largest absolute Gasteiger partial charge is 0.0639 e. The van der Waals surface area contributed by atoms with E-state index in [-0.39, 0.29) is 11.8 Å². The molecule has 0 nitrogen and oxygen atoms in total. The van der Waals surface area contributed by atoms with Crippen LogP contribution in [0.1, 0.15) is 74.4 Å². The second kappa shape index (κ2) is 15.0. The number of benzene rings is 9. The molecule has 0 amide bonds. The zero-order valence-corrected chi connectivity index (χ0v) is 33.9. The topological polar surface area (TPSA) is 0 Å². The predicted molar refractivity (Wildman–Crippen MR) is 252 cm³/mol. The van der Waals surface area contributed by atoms with Crippen LogP contribution in [0.3, 0.4) is 0 Å². The van der Waals surface area contributed by atoms with Crippen LogP contribution in [0.5, 0.6) is 0 Å². The quantitative estimate of drug-likeness (QED) is 0.137. The fourth-order valence-electron chi connectivity index (χ4n) is 10.8. The highest BCUT2D eigenvalue weighted by molar-refractivity contribution is 5.88. The summed E-state index contributed by atoms with van der Waals surface area (Å²) in [4.78, 5) is 0. The summed E-state index contributed by atoms with van der Waals surface area (Å²) in [5, 5.41) is 2.53. The van der Waals surface area contributed by atoms with E-state index in [1.165, 1.54) is 94.2 Å². The lowest BCUT2D eigenvalue weighted by Gasteiger charge is -2.47. The Bertz CT molecular complexity index is 2900. The Balaban J connectivity index is 1.19. The molecule has 286 valence electrons. The Kier molecular flexibility index (Phi) is 9.01. The highest BCUT2D eigenvalue weighted by atomic mass is 14.6. The van der Waals surface area contributed by atoms with E-state index in [0.717, 1.165) is 12.8 Å². The Morgan fingerprint density at radius 3 is 1.42 bits per heavy atom. The van der Waals surface area contributed by atoms with Crippen molar-refractivity contribution in [2.24, 2.45) is 0 Å². The second-order valence-electron chi connectivity index (χ2n) is 16.9. The van der Waals surface area contributed by atoms with E-state index in [2.05, 4.69) is 231 Å². The summed E-state index contributed by atoms with van der Waals surface area (Å²) in [5.74, 6) is 0.0689. The number of rotatable bonds is 9. The van der Waals surface area contributed by atoms with E-state index in [0.29, 0.717) is 0 Å². The summed E-state index contributed by atoms with van der Waals surface area (Å²) in [6, 6.07) is 82.4. The Morgan fingerprint density at radius 2 is 0.850 bits per heavy atom. The van der Waals surface area contributed by atoms with E-state index in [1.54, 1.807) is 0 Å². The number of hydrogen-bond donors (Lipinski definition) is 0. The van der Waals surface area contributed by atoms with Crippen molar-refractivity contribution < 1.29 is 0 Å². The molecule has 9 aromatic carbocycles. The molecule has 0 N–H and O–H groups in total. The highest BCUT2D eigenvalue weighted by Crippen LogP contribution is 2.64. The SMILES string of the molecule is CC1=Cc2ccc(-c3ccc4ccccc4c3)cc2C1C(c1ccccc1)(c1ccccc1)C1c2cc(Cc3ccccc3)ccc2-c2ccc(Cc3ccccc3)cc21. The maximum Gasteiger partial charge on any atom is 0.0418 e. The summed E-state index contributed by atoms with van der Waals surface area (Å²) in [7, 11) is 0. The van der Waals surface area contributed by atoms with Crippen molar-refractivity contribution in [3.8, 4) is 22.3 Å². The maximum atomic E-state index is 2.56. The van der Waals surface area contributed by atoms with Crippen LogP contribution in [0.25, 0.3) is 39.1 Å². The Hall–Kier alpha value is -7.02. The number of fused-ring (bicyclic) bond motifs is 5. The van der Waals surface area contributed by atoms with Gasteiger partial charge in [0.15, 0.2) is 0 Å². The molecule has 1 unspecified atom stereocenters. The molecule has 0 fully saturated rings. The maximum absolute atomic E-state index is 2.56. The molecule has 0 saturated heterocycles. The van der Waals surface area contributed by atoms with Crippen LogP contribution in [0.15, 0.2) is 224 Å². The van der Waals surface area contributed by atoms with E-state index in [9.17, 15) is 0 Å². The molecular weight excluding hydrogens is 721 g/mol. The standard InChI is InChI=1S/C60H46/c1-41-34-50-31-30-49(48-29-28-46-20-14-15-21-47(46)39-48)40-55(50)58(41)60(51-22-10-4-11-23-51,52-24-12-5-13-25-52)59-56-37-44(35-42-16-6-2-7-17-42)26-32-53(56)54-33-27-45(38-57(54)59)36-43-18-8-3-9-19-43/h2-34,37-40,58-59H,35-36H2,1H3. The van der Waals surface area contributed by atoms with Gasteiger partial charge in [-0.25, -0.2) is 0 Å². The minimum atomic E-state index is -0.507. The molecule has 0 radical (unpaired) electrons. The van der Waals surface area contributed by atoms with Crippen LogP contribution >= 0.6 is 0 Å². The lowest BCUT2D eigenvalue weighted by molar-refractivity contribution is 0.405. The van der Waals surface area contributed by atoms with Crippen molar-refractivity contribution in [2.45, 2.75) is 37.0 Å². The van der Waals surface area contributed by atoms with Gasteiger partial charge in [0.05, 0.1) is 0 Å². The minimum absolute atomic E-state index is 0.0161. The van der Waals surface area contributed by atoms with Gasteiger partial charge >= 0.3 is 0 Å². The average Bonchev–Trinajstić information content (AvgIpc) is 3.81. The molecule has 1 atom stereocenters. The van der Waals surface area contributed by atoms with Crippen LogP contribution in [-0.2, 0) is 18.3 Å². The van der Waals surface area contributed by atoms with Crippen molar-refractivity contribution in [3.63, 3.8) is 0 Å². The molecule has 0 spiro atoms.